The highest BCUT2D eigenvalue weighted by atomic mass is 35.5. The molecule has 4 amide bonds. The number of aromatic nitrogens is 5. The number of nitrogens with one attached hydrogen (secondary N) is 4. The highest BCUT2D eigenvalue weighted by Gasteiger charge is 2.39. The second-order valence-corrected chi connectivity index (χ2v) is 16.4. The predicted octanol–water partition coefficient (Wildman–Crippen LogP) is 7.21. The second-order valence-electron chi connectivity index (χ2n) is 15.2. The SMILES string of the molecule is COC(=O)N[C@@H](C(=O)N1CCC[C@@H]1c1ncc(-c2ccc(-n3ccc4c(-c5cnc([C@H]6CCCN6C(=O)[C@H](NC(=O)OC)C(C)C)[nH]5)csc43)c(Cl)c2)[nH]1)C(C)C. The molecule has 2 aliphatic heterocycles. The van der Waals surface area contributed by atoms with Crippen molar-refractivity contribution in [1.82, 2.24) is 44.9 Å². The number of carbonyl (C=O) groups is 4. The molecule has 302 valence electrons. The minimum Gasteiger partial charge on any atom is -0.453 e. The lowest BCUT2D eigenvalue weighted by Crippen LogP contribution is -2.51. The average Bonchev–Trinajstić information content (AvgIpc) is 4.04. The third kappa shape index (κ3) is 7.84. The van der Waals surface area contributed by atoms with Gasteiger partial charge in [0.1, 0.15) is 28.6 Å². The van der Waals surface area contributed by atoms with Gasteiger partial charge in [-0.15, -0.1) is 11.3 Å². The number of likely N-dealkylation sites (tertiary alicyclic amines) is 2. The highest BCUT2D eigenvalue weighted by Crippen LogP contribution is 2.40. The van der Waals surface area contributed by atoms with Gasteiger partial charge in [0.25, 0.3) is 0 Å². The Balaban J connectivity index is 1.07. The Morgan fingerprint density at radius 3 is 1.89 bits per heavy atom. The van der Waals surface area contributed by atoms with E-state index < -0.39 is 24.3 Å². The Hall–Kier alpha value is -5.35. The molecular formula is C40H48ClN9O6S. The van der Waals surface area contributed by atoms with E-state index in [0.29, 0.717) is 29.8 Å². The fourth-order valence-electron chi connectivity index (χ4n) is 7.87. The minimum absolute atomic E-state index is 0.120. The van der Waals surface area contributed by atoms with Crippen molar-refractivity contribution in [3.63, 3.8) is 0 Å². The number of fused-ring (bicyclic) bond motifs is 1. The van der Waals surface area contributed by atoms with Crippen LogP contribution < -0.4 is 10.6 Å². The number of nitrogens with zero attached hydrogens (tertiary/aromatic N) is 5. The first-order valence-corrected chi connectivity index (χ1v) is 20.4. The van der Waals surface area contributed by atoms with Gasteiger partial charge in [0, 0.05) is 41.2 Å². The molecule has 0 unspecified atom stereocenters. The largest absolute Gasteiger partial charge is 0.453 e. The second kappa shape index (κ2) is 16.6. The summed E-state index contributed by atoms with van der Waals surface area (Å²) in [6.07, 6.45) is 7.47. The number of amides is 4. The van der Waals surface area contributed by atoms with Crippen LogP contribution in [-0.4, -0.2) is 97.7 Å². The molecule has 4 atom stereocenters. The number of alkyl carbamates (subject to hydrolysis) is 2. The lowest BCUT2D eigenvalue weighted by molar-refractivity contribution is -0.136. The molecule has 0 radical (unpaired) electrons. The standard InChI is InChI=1S/C40H48ClN9O6S/c1-21(2)32(46-39(53)55-5)36(51)48-14-7-9-30(48)34-42-18-27(44-34)23-11-12-29(26(41)17-23)50-16-13-24-25(20-57-38(24)50)28-19-43-35(45-28)31-10-8-15-49(31)37(52)33(22(3)4)47-40(54)56-6/h11-13,16-22,30-33H,7-10,14-15H2,1-6H3,(H,42,44)(H,43,45)(H,46,53)(H,47,54)/t30-,31-,32-,33-/m1/s1. The molecule has 0 saturated carbocycles. The zero-order valence-corrected chi connectivity index (χ0v) is 34.4. The van der Waals surface area contributed by atoms with Crippen LogP contribution in [0.25, 0.3) is 38.4 Å². The van der Waals surface area contributed by atoms with E-state index in [1.807, 2.05) is 58.3 Å². The van der Waals surface area contributed by atoms with Crippen molar-refractivity contribution in [3.8, 4) is 28.2 Å². The molecule has 2 aliphatic rings. The van der Waals surface area contributed by atoms with Crippen LogP contribution in [-0.2, 0) is 19.1 Å². The van der Waals surface area contributed by atoms with Crippen LogP contribution in [0.3, 0.4) is 0 Å². The third-order valence-electron chi connectivity index (χ3n) is 10.9. The first-order chi connectivity index (χ1) is 27.4. The summed E-state index contributed by atoms with van der Waals surface area (Å²) in [5.41, 5.74) is 4.29. The van der Waals surface area contributed by atoms with E-state index in [0.717, 1.165) is 64.1 Å². The van der Waals surface area contributed by atoms with E-state index in [9.17, 15) is 19.2 Å². The Kier molecular flexibility index (Phi) is 11.6. The van der Waals surface area contributed by atoms with E-state index >= 15 is 0 Å². The molecule has 0 aliphatic carbocycles. The Labute approximate surface area is 339 Å². The van der Waals surface area contributed by atoms with Gasteiger partial charge < -0.3 is 44.4 Å². The Bertz CT molecular complexity index is 2280. The van der Waals surface area contributed by atoms with Gasteiger partial charge in [-0.3, -0.25) is 9.59 Å². The van der Waals surface area contributed by atoms with Crippen molar-refractivity contribution in [2.75, 3.05) is 27.3 Å². The number of imidazole rings is 2. The van der Waals surface area contributed by atoms with Crippen LogP contribution >= 0.6 is 22.9 Å². The van der Waals surface area contributed by atoms with Crippen molar-refractivity contribution >= 4 is 57.2 Å². The number of H-pyrrole nitrogens is 2. The topological polar surface area (TPSA) is 180 Å². The van der Waals surface area contributed by atoms with E-state index in [1.54, 1.807) is 27.3 Å². The molecule has 2 saturated heterocycles. The number of benzene rings is 1. The first-order valence-electron chi connectivity index (χ1n) is 19.2. The van der Waals surface area contributed by atoms with Gasteiger partial charge in [-0.1, -0.05) is 45.4 Å². The molecule has 4 aromatic heterocycles. The molecular weight excluding hydrogens is 770 g/mol. The third-order valence-corrected chi connectivity index (χ3v) is 12.2. The van der Waals surface area contributed by atoms with Crippen molar-refractivity contribution in [2.45, 2.75) is 77.5 Å². The van der Waals surface area contributed by atoms with Gasteiger partial charge in [0.15, 0.2) is 0 Å². The molecule has 5 aromatic rings. The summed E-state index contributed by atoms with van der Waals surface area (Å²) in [4.78, 5) is 72.1. The number of hydrogen-bond donors (Lipinski definition) is 4. The lowest BCUT2D eigenvalue weighted by Gasteiger charge is -2.30. The number of halogens is 1. The van der Waals surface area contributed by atoms with Crippen LogP contribution in [0, 0.1) is 11.8 Å². The highest BCUT2D eigenvalue weighted by molar-refractivity contribution is 7.17. The summed E-state index contributed by atoms with van der Waals surface area (Å²) in [6, 6.07) is 6.03. The van der Waals surface area contributed by atoms with Gasteiger partial charge in [0.2, 0.25) is 11.8 Å². The van der Waals surface area contributed by atoms with Gasteiger partial charge in [-0.2, -0.15) is 0 Å². The van der Waals surface area contributed by atoms with Crippen LogP contribution in [0.4, 0.5) is 9.59 Å². The maximum absolute atomic E-state index is 13.6. The van der Waals surface area contributed by atoms with Crippen molar-refractivity contribution in [2.24, 2.45) is 11.8 Å². The van der Waals surface area contributed by atoms with Crippen LogP contribution in [0.2, 0.25) is 5.02 Å². The first kappa shape index (κ1) is 39.9. The zero-order chi connectivity index (χ0) is 40.5. The number of rotatable bonds is 11. The summed E-state index contributed by atoms with van der Waals surface area (Å²) in [5.74, 6) is 0.828. The van der Waals surface area contributed by atoms with Crippen molar-refractivity contribution in [1.29, 1.82) is 0 Å². The molecule has 2 fully saturated rings. The molecule has 7 rings (SSSR count). The molecule has 57 heavy (non-hydrogen) atoms. The minimum atomic E-state index is -0.711. The van der Waals surface area contributed by atoms with E-state index in [-0.39, 0.29) is 35.7 Å². The monoisotopic (exact) mass is 817 g/mol. The van der Waals surface area contributed by atoms with Crippen LogP contribution in [0.5, 0.6) is 0 Å². The summed E-state index contributed by atoms with van der Waals surface area (Å²) >= 11 is 8.58. The summed E-state index contributed by atoms with van der Waals surface area (Å²) < 4.78 is 11.6. The normalized spacial score (nSPS) is 18.1. The number of methoxy groups -OCH3 is 2. The summed E-state index contributed by atoms with van der Waals surface area (Å²) in [6.45, 7) is 8.72. The maximum Gasteiger partial charge on any atom is 0.407 e. The van der Waals surface area contributed by atoms with Crippen molar-refractivity contribution in [3.05, 3.63) is 64.9 Å². The van der Waals surface area contributed by atoms with Gasteiger partial charge in [-0.05, 0) is 55.7 Å². The fraction of sp³-hybridized carbons (Fsp3) is 0.450. The maximum atomic E-state index is 13.6. The van der Waals surface area contributed by atoms with Gasteiger partial charge >= 0.3 is 12.2 Å². The van der Waals surface area contributed by atoms with Gasteiger partial charge in [0.05, 0.1) is 60.8 Å². The number of ether oxygens (including phenoxy) is 2. The zero-order valence-electron chi connectivity index (χ0n) is 32.8. The average molecular weight is 818 g/mol. The van der Waals surface area contributed by atoms with Crippen LogP contribution in [0.1, 0.15) is 77.1 Å². The number of carbonyl (C=O) groups excluding carboxylic acids is 4. The fourth-order valence-corrected chi connectivity index (χ4v) is 9.20. The summed E-state index contributed by atoms with van der Waals surface area (Å²) in [7, 11) is 2.57. The number of thiophene rings is 1. The quantitative estimate of drug-likeness (QED) is 0.108. The number of aromatic amines is 2. The molecule has 4 N–H and O–H groups in total. The molecule has 17 heteroatoms. The smallest absolute Gasteiger partial charge is 0.407 e. The number of hydrogen-bond acceptors (Lipinski definition) is 9. The van der Waals surface area contributed by atoms with Crippen LogP contribution in [0.15, 0.2) is 48.2 Å². The molecule has 0 spiro atoms. The molecule has 0 bridgehead atoms. The Morgan fingerprint density at radius 1 is 0.825 bits per heavy atom. The molecule has 15 nitrogen and oxygen atoms in total. The molecule has 6 heterocycles. The van der Waals surface area contributed by atoms with Crippen molar-refractivity contribution < 1.29 is 28.7 Å². The van der Waals surface area contributed by atoms with Gasteiger partial charge in [-0.25, -0.2) is 19.6 Å². The lowest BCUT2D eigenvalue weighted by atomic mass is 10.0. The van der Waals surface area contributed by atoms with E-state index in [1.165, 1.54) is 14.2 Å². The predicted molar refractivity (Wildman–Crippen MR) is 217 cm³/mol. The Morgan fingerprint density at radius 2 is 1.37 bits per heavy atom. The van der Waals surface area contributed by atoms with E-state index in [2.05, 4.69) is 41.6 Å². The summed E-state index contributed by atoms with van der Waals surface area (Å²) in [5, 5.41) is 9.07. The molecule has 1 aromatic carbocycles. The van der Waals surface area contributed by atoms with E-state index in [4.69, 9.17) is 26.1 Å².